The van der Waals surface area contributed by atoms with Gasteiger partial charge in [-0.2, -0.15) is 0 Å². The van der Waals surface area contributed by atoms with E-state index in [2.05, 4.69) is 37.3 Å². The Kier molecular flexibility index (Phi) is 3.66. The second kappa shape index (κ2) is 5.20. The second-order valence-electron chi connectivity index (χ2n) is 4.71. The Morgan fingerprint density at radius 3 is 2.62 bits per heavy atom. The second-order valence-corrected chi connectivity index (χ2v) is 4.71. The highest BCUT2D eigenvalue weighted by Gasteiger charge is 2.23. The van der Waals surface area contributed by atoms with Crippen LogP contribution in [0.3, 0.4) is 0 Å². The van der Waals surface area contributed by atoms with Crippen molar-refractivity contribution in [2.24, 2.45) is 5.92 Å². The van der Waals surface area contributed by atoms with E-state index in [-0.39, 0.29) is 0 Å². The van der Waals surface area contributed by atoms with Crippen LogP contribution in [0.5, 0.6) is 0 Å². The number of allylic oxidation sites excluding steroid dienone is 1. The van der Waals surface area contributed by atoms with E-state index in [1.807, 2.05) is 6.26 Å². The summed E-state index contributed by atoms with van der Waals surface area (Å²) in [4.78, 5) is 0. The van der Waals surface area contributed by atoms with E-state index >= 15 is 0 Å². The molecule has 1 aliphatic rings. The summed E-state index contributed by atoms with van der Waals surface area (Å²) in [7, 11) is 1.74. The molecule has 0 amide bonds. The lowest BCUT2D eigenvalue weighted by atomic mass is 9.76. The van der Waals surface area contributed by atoms with E-state index in [0.717, 1.165) is 5.92 Å². The van der Waals surface area contributed by atoms with Crippen LogP contribution < -0.4 is 0 Å². The first-order valence-corrected chi connectivity index (χ1v) is 6.08. The maximum Gasteiger partial charge on any atom is 0.0819 e. The molecule has 1 heteroatoms. The molecular weight excluding hydrogens is 196 g/mol. The molecule has 1 fully saturated rings. The molecule has 0 saturated heterocycles. The summed E-state index contributed by atoms with van der Waals surface area (Å²) in [5.74, 6) is 1.38. The molecular formula is C15H20O. The molecule has 1 nitrogen and oxygen atoms in total. The van der Waals surface area contributed by atoms with Crippen molar-refractivity contribution in [3.63, 3.8) is 0 Å². The van der Waals surface area contributed by atoms with Crippen LogP contribution in [0, 0.1) is 5.92 Å². The van der Waals surface area contributed by atoms with E-state index in [9.17, 15) is 0 Å². The summed E-state index contributed by atoms with van der Waals surface area (Å²) >= 11 is 0. The topological polar surface area (TPSA) is 9.23 Å². The van der Waals surface area contributed by atoms with Crippen molar-refractivity contribution in [1.29, 1.82) is 0 Å². The van der Waals surface area contributed by atoms with Crippen LogP contribution in [0.15, 0.2) is 42.2 Å². The third-order valence-corrected chi connectivity index (χ3v) is 3.59. The fourth-order valence-electron chi connectivity index (χ4n) is 2.64. The minimum absolute atomic E-state index is 0.652. The molecule has 0 aliphatic heterocycles. The number of hydrogen-bond donors (Lipinski definition) is 0. The molecule has 0 spiro atoms. The predicted octanol–water partition coefficient (Wildman–Crippen LogP) is 4.12. The van der Waals surface area contributed by atoms with Crippen LogP contribution in [0.1, 0.15) is 37.7 Å². The average Bonchev–Trinajstić information content (AvgIpc) is 2.33. The van der Waals surface area contributed by atoms with Crippen molar-refractivity contribution < 1.29 is 4.74 Å². The summed E-state index contributed by atoms with van der Waals surface area (Å²) in [6.07, 6.45) is 5.61. The van der Waals surface area contributed by atoms with Crippen LogP contribution >= 0.6 is 0 Å². The Bertz CT molecular complexity index is 353. The minimum Gasteiger partial charge on any atom is -0.504 e. The minimum atomic E-state index is 0.652. The third-order valence-electron chi connectivity index (χ3n) is 3.59. The fourth-order valence-corrected chi connectivity index (χ4v) is 2.64. The lowest BCUT2D eigenvalue weighted by molar-refractivity contribution is 0.315. The van der Waals surface area contributed by atoms with Gasteiger partial charge in [0.15, 0.2) is 0 Å². The van der Waals surface area contributed by atoms with Gasteiger partial charge in [0.25, 0.3) is 0 Å². The zero-order valence-electron chi connectivity index (χ0n) is 10.1. The predicted molar refractivity (Wildman–Crippen MR) is 67.3 cm³/mol. The zero-order valence-corrected chi connectivity index (χ0v) is 10.1. The van der Waals surface area contributed by atoms with E-state index in [0.29, 0.717) is 5.92 Å². The molecule has 1 aromatic rings. The molecule has 0 heterocycles. The SMILES string of the molecule is COC=C1CCC(c2ccccc2)CC1C. The molecule has 16 heavy (non-hydrogen) atoms. The van der Waals surface area contributed by atoms with Gasteiger partial charge >= 0.3 is 0 Å². The Balaban J connectivity index is 2.05. The van der Waals surface area contributed by atoms with Crippen molar-refractivity contribution in [2.75, 3.05) is 7.11 Å². The van der Waals surface area contributed by atoms with Crippen LogP contribution in [0.2, 0.25) is 0 Å². The molecule has 0 bridgehead atoms. The first-order valence-electron chi connectivity index (χ1n) is 6.08. The van der Waals surface area contributed by atoms with Crippen molar-refractivity contribution in [3.05, 3.63) is 47.7 Å². The number of ether oxygens (including phenoxy) is 1. The van der Waals surface area contributed by atoms with Gasteiger partial charge in [0.05, 0.1) is 13.4 Å². The number of benzene rings is 1. The number of methoxy groups -OCH3 is 1. The van der Waals surface area contributed by atoms with Crippen LogP contribution in [-0.4, -0.2) is 7.11 Å². The summed E-state index contributed by atoms with van der Waals surface area (Å²) in [5, 5.41) is 0. The van der Waals surface area contributed by atoms with E-state index in [1.165, 1.54) is 30.4 Å². The van der Waals surface area contributed by atoms with Crippen molar-refractivity contribution in [3.8, 4) is 0 Å². The van der Waals surface area contributed by atoms with Gasteiger partial charge in [0.1, 0.15) is 0 Å². The zero-order chi connectivity index (χ0) is 11.4. The molecule has 1 saturated carbocycles. The van der Waals surface area contributed by atoms with Gasteiger partial charge < -0.3 is 4.74 Å². The normalized spacial score (nSPS) is 28.0. The summed E-state index contributed by atoms with van der Waals surface area (Å²) in [6, 6.07) is 10.9. The fraction of sp³-hybridized carbons (Fsp3) is 0.467. The van der Waals surface area contributed by atoms with E-state index in [1.54, 1.807) is 7.11 Å². The first-order chi connectivity index (χ1) is 7.81. The van der Waals surface area contributed by atoms with Crippen LogP contribution in [0.25, 0.3) is 0 Å². The van der Waals surface area contributed by atoms with Crippen molar-refractivity contribution in [1.82, 2.24) is 0 Å². The maximum absolute atomic E-state index is 5.13. The largest absolute Gasteiger partial charge is 0.504 e. The number of rotatable bonds is 2. The lowest BCUT2D eigenvalue weighted by Gasteiger charge is -2.29. The first kappa shape index (κ1) is 11.3. The van der Waals surface area contributed by atoms with E-state index < -0.39 is 0 Å². The Labute approximate surface area is 98.1 Å². The van der Waals surface area contributed by atoms with Gasteiger partial charge in [-0.05, 0) is 42.2 Å². The average molecular weight is 216 g/mol. The van der Waals surface area contributed by atoms with Gasteiger partial charge in [-0.25, -0.2) is 0 Å². The van der Waals surface area contributed by atoms with Crippen molar-refractivity contribution >= 4 is 0 Å². The monoisotopic (exact) mass is 216 g/mol. The van der Waals surface area contributed by atoms with Gasteiger partial charge in [0, 0.05) is 0 Å². The molecule has 0 aromatic heterocycles. The molecule has 0 radical (unpaired) electrons. The van der Waals surface area contributed by atoms with Crippen LogP contribution in [0.4, 0.5) is 0 Å². The summed E-state index contributed by atoms with van der Waals surface area (Å²) < 4.78 is 5.13. The Morgan fingerprint density at radius 1 is 1.25 bits per heavy atom. The molecule has 1 aromatic carbocycles. The van der Waals surface area contributed by atoms with Gasteiger partial charge in [-0.1, -0.05) is 37.3 Å². The summed E-state index contributed by atoms with van der Waals surface area (Å²) in [6.45, 7) is 2.31. The van der Waals surface area contributed by atoms with E-state index in [4.69, 9.17) is 4.74 Å². The molecule has 2 unspecified atom stereocenters. The Morgan fingerprint density at radius 2 is 2.00 bits per heavy atom. The van der Waals surface area contributed by atoms with Crippen LogP contribution in [-0.2, 0) is 4.74 Å². The quantitative estimate of drug-likeness (QED) is 0.676. The third kappa shape index (κ3) is 2.46. The molecule has 2 rings (SSSR count). The highest BCUT2D eigenvalue weighted by atomic mass is 16.5. The lowest BCUT2D eigenvalue weighted by Crippen LogP contribution is -2.14. The molecule has 86 valence electrons. The van der Waals surface area contributed by atoms with Gasteiger partial charge in [-0.3, -0.25) is 0 Å². The smallest absolute Gasteiger partial charge is 0.0819 e. The number of hydrogen-bond acceptors (Lipinski definition) is 1. The van der Waals surface area contributed by atoms with Gasteiger partial charge in [-0.15, -0.1) is 0 Å². The Hall–Kier alpha value is -1.24. The molecule has 1 aliphatic carbocycles. The van der Waals surface area contributed by atoms with Gasteiger partial charge in [0.2, 0.25) is 0 Å². The highest BCUT2D eigenvalue weighted by Crippen LogP contribution is 2.38. The molecule has 0 N–H and O–H groups in total. The standard InChI is InChI=1S/C15H20O/c1-12-10-14(8-9-15(12)11-16-2)13-6-4-3-5-7-13/h3-7,11-12,14H,8-10H2,1-2H3. The molecule has 2 atom stereocenters. The van der Waals surface area contributed by atoms with Crippen molar-refractivity contribution in [2.45, 2.75) is 32.1 Å². The summed E-state index contributed by atoms with van der Waals surface area (Å²) in [5.41, 5.74) is 2.96. The maximum atomic E-state index is 5.13. The highest BCUT2D eigenvalue weighted by molar-refractivity contribution is 5.22.